The molecule has 0 aliphatic carbocycles. The number of primary amides is 1. The van der Waals surface area contributed by atoms with E-state index < -0.39 is 0 Å². The molecule has 1 rings (SSSR count). The minimum Gasteiger partial charge on any atom is -0.369 e. The van der Waals surface area contributed by atoms with Crippen molar-refractivity contribution in [3.05, 3.63) is 18.0 Å². The van der Waals surface area contributed by atoms with Crippen molar-refractivity contribution < 1.29 is 4.79 Å². The van der Waals surface area contributed by atoms with Crippen molar-refractivity contribution in [1.82, 2.24) is 10.2 Å². The summed E-state index contributed by atoms with van der Waals surface area (Å²) in [4.78, 5) is 10.6. The van der Waals surface area contributed by atoms with Crippen molar-refractivity contribution in [1.29, 1.82) is 0 Å². The van der Waals surface area contributed by atoms with Gasteiger partial charge in [0.15, 0.2) is 0 Å². The molecule has 1 atom stereocenters. The summed E-state index contributed by atoms with van der Waals surface area (Å²) in [5, 5.41) is 6.58. The Morgan fingerprint density at radius 3 is 3.09 bits per heavy atom. The van der Waals surface area contributed by atoms with Gasteiger partial charge in [-0.2, -0.15) is 5.10 Å². The molecule has 4 heteroatoms. The molecule has 1 aromatic heterocycles. The van der Waals surface area contributed by atoms with Crippen LogP contribution < -0.4 is 5.73 Å². The minimum absolute atomic E-state index is 0.140. The first kappa shape index (κ1) is 7.78. The summed E-state index contributed by atoms with van der Waals surface area (Å²) in [6.07, 6.45) is 2.34. The second-order valence-corrected chi connectivity index (χ2v) is 2.57. The molecular weight excluding hydrogens is 142 g/mol. The number of nitrogens with zero attached hydrogens (tertiary/aromatic N) is 1. The number of aromatic nitrogens is 2. The van der Waals surface area contributed by atoms with Crippen molar-refractivity contribution in [3.63, 3.8) is 0 Å². The van der Waals surface area contributed by atoms with Crippen LogP contribution in [0.15, 0.2) is 12.3 Å². The Hall–Kier alpha value is -1.32. The zero-order valence-corrected chi connectivity index (χ0v) is 6.37. The molecule has 1 aromatic rings. The van der Waals surface area contributed by atoms with Crippen molar-refractivity contribution in [2.75, 3.05) is 0 Å². The van der Waals surface area contributed by atoms with Crippen LogP contribution in [-0.4, -0.2) is 16.1 Å². The third kappa shape index (κ3) is 2.07. The fourth-order valence-electron chi connectivity index (χ4n) is 0.819. The van der Waals surface area contributed by atoms with Gasteiger partial charge in [-0.15, -0.1) is 0 Å². The van der Waals surface area contributed by atoms with Crippen molar-refractivity contribution in [2.45, 2.75) is 13.3 Å². The summed E-state index contributed by atoms with van der Waals surface area (Å²) in [6.45, 7) is 1.79. The van der Waals surface area contributed by atoms with Crippen LogP contribution in [0.5, 0.6) is 0 Å². The Bertz CT molecular complexity index is 230. The van der Waals surface area contributed by atoms with E-state index in [-0.39, 0.29) is 11.8 Å². The van der Waals surface area contributed by atoms with Crippen LogP contribution in [0.2, 0.25) is 0 Å². The lowest BCUT2D eigenvalue weighted by Gasteiger charge is -2.02. The number of H-pyrrole nitrogens is 1. The van der Waals surface area contributed by atoms with E-state index in [0.717, 1.165) is 5.69 Å². The van der Waals surface area contributed by atoms with Gasteiger partial charge < -0.3 is 5.73 Å². The van der Waals surface area contributed by atoms with Crippen LogP contribution in [0.4, 0.5) is 0 Å². The Morgan fingerprint density at radius 2 is 2.64 bits per heavy atom. The Balaban J connectivity index is 2.50. The van der Waals surface area contributed by atoms with Gasteiger partial charge in [0.05, 0.1) is 5.69 Å². The topological polar surface area (TPSA) is 71.8 Å². The van der Waals surface area contributed by atoms with Gasteiger partial charge in [0.25, 0.3) is 0 Å². The van der Waals surface area contributed by atoms with Crippen molar-refractivity contribution >= 4 is 5.91 Å². The highest BCUT2D eigenvalue weighted by atomic mass is 16.1. The van der Waals surface area contributed by atoms with Crippen LogP contribution >= 0.6 is 0 Å². The summed E-state index contributed by atoms with van der Waals surface area (Å²) < 4.78 is 0. The van der Waals surface area contributed by atoms with E-state index in [1.807, 2.05) is 6.07 Å². The van der Waals surface area contributed by atoms with E-state index in [1.54, 1.807) is 13.1 Å². The SMILES string of the molecule is CC(Cc1cc[nH]n1)C(N)=O. The van der Waals surface area contributed by atoms with Crippen LogP contribution in [0, 0.1) is 5.92 Å². The maximum Gasteiger partial charge on any atom is 0.220 e. The van der Waals surface area contributed by atoms with Gasteiger partial charge in [0, 0.05) is 18.5 Å². The molecule has 0 bridgehead atoms. The highest BCUT2D eigenvalue weighted by Gasteiger charge is 2.09. The van der Waals surface area contributed by atoms with Gasteiger partial charge in [0.2, 0.25) is 5.91 Å². The highest BCUT2D eigenvalue weighted by Crippen LogP contribution is 2.03. The molecule has 0 aromatic carbocycles. The molecule has 0 aliphatic heterocycles. The normalized spacial score (nSPS) is 12.8. The number of carbonyl (C=O) groups is 1. The number of hydrogen-bond acceptors (Lipinski definition) is 2. The smallest absolute Gasteiger partial charge is 0.220 e. The van der Waals surface area contributed by atoms with Crippen LogP contribution in [-0.2, 0) is 11.2 Å². The van der Waals surface area contributed by atoms with Gasteiger partial charge in [-0.05, 0) is 6.07 Å². The quantitative estimate of drug-likeness (QED) is 0.645. The molecule has 3 N–H and O–H groups in total. The molecule has 4 nitrogen and oxygen atoms in total. The van der Waals surface area contributed by atoms with E-state index in [0.29, 0.717) is 6.42 Å². The van der Waals surface area contributed by atoms with Gasteiger partial charge in [-0.3, -0.25) is 9.89 Å². The average molecular weight is 153 g/mol. The zero-order chi connectivity index (χ0) is 8.27. The average Bonchev–Trinajstić information content (AvgIpc) is 2.39. The first-order valence-corrected chi connectivity index (χ1v) is 3.48. The first-order valence-electron chi connectivity index (χ1n) is 3.48. The number of nitrogens with one attached hydrogen (secondary N) is 1. The largest absolute Gasteiger partial charge is 0.369 e. The second kappa shape index (κ2) is 3.18. The number of rotatable bonds is 3. The Morgan fingerprint density at radius 1 is 1.91 bits per heavy atom. The lowest BCUT2D eigenvalue weighted by Crippen LogP contribution is -2.22. The van der Waals surface area contributed by atoms with Crippen molar-refractivity contribution in [2.24, 2.45) is 11.7 Å². The van der Waals surface area contributed by atoms with E-state index in [2.05, 4.69) is 10.2 Å². The highest BCUT2D eigenvalue weighted by molar-refractivity contribution is 5.76. The molecule has 0 fully saturated rings. The molecule has 1 unspecified atom stereocenters. The number of aromatic amines is 1. The summed E-state index contributed by atoms with van der Waals surface area (Å²) in [5.74, 6) is -0.425. The fourth-order valence-corrected chi connectivity index (χ4v) is 0.819. The molecule has 0 saturated heterocycles. The van der Waals surface area contributed by atoms with Crippen molar-refractivity contribution in [3.8, 4) is 0 Å². The molecule has 0 saturated carbocycles. The maximum atomic E-state index is 10.6. The second-order valence-electron chi connectivity index (χ2n) is 2.57. The minimum atomic E-state index is -0.284. The maximum absolute atomic E-state index is 10.6. The number of amides is 1. The summed E-state index contributed by atoms with van der Waals surface area (Å²) in [5.41, 5.74) is 5.95. The van der Waals surface area contributed by atoms with E-state index >= 15 is 0 Å². The summed E-state index contributed by atoms with van der Waals surface area (Å²) >= 11 is 0. The number of hydrogen-bond donors (Lipinski definition) is 2. The molecule has 0 radical (unpaired) electrons. The molecule has 0 spiro atoms. The lowest BCUT2D eigenvalue weighted by molar-refractivity contribution is -0.121. The van der Waals surface area contributed by atoms with Crippen LogP contribution in [0.3, 0.4) is 0 Å². The summed E-state index contributed by atoms with van der Waals surface area (Å²) in [6, 6.07) is 1.83. The van der Waals surface area contributed by atoms with Crippen LogP contribution in [0.1, 0.15) is 12.6 Å². The van der Waals surface area contributed by atoms with Gasteiger partial charge >= 0.3 is 0 Å². The van der Waals surface area contributed by atoms with E-state index in [1.165, 1.54) is 0 Å². The lowest BCUT2D eigenvalue weighted by atomic mass is 10.1. The molecule has 11 heavy (non-hydrogen) atoms. The predicted octanol–water partition coefficient (Wildman–Crippen LogP) is 0.0736. The zero-order valence-electron chi connectivity index (χ0n) is 6.37. The Kier molecular flexibility index (Phi) is 2.25. The van der Waals surface area contributed by atoms with Crippen LogP contribution in [0.25, 0.3) is 0 Å². The standard InChI is InChI=1S/C7H11N3O/c1-5(7(8)11)4-6-2-3-9-10-6/h2-3,5H,4H2,1H3,(H2,8,11)(H,9,10). The third-order valence-electron chi connectivity index (χ3n) is 1.56. The molecular formula is C7H11N3O. The summed E-state index contributed by atoms with van der Waals surface area (Å²) in [7, 11) is 0. The van der Waals surface area contributed by atoms with E-state index in [9.17, 15) is 4.79 Å². The first-order chi connectivity index (χ1) is 5.20. The molecule has 1 heterocycles. The molecule has 60 valence electrons. The predicted molar refractivity (Wildman–Crippen MR) is 40.7 cm³/mol. The number of nitrogens with two attached hydrogens (primary N) is 1. The third-order valence-corrected chi connectivity index (χ3v) is 1.56. The van der Waals surface area contributed by atoms with Gasteiger partial charge in [-0.25, -0.2) is 0 Å². The fraction of sp³-hybridized carbons (Fsp3) is 0.429. The Labute approximate surface area is 64.8 Å². The molecule has 1 amide bonds. The number of carbonyl (C=O) groups excluding carboxylic acids is 1. The van der Waals surface area contributed by atoms with E-state index in [4.69, 9.17) is 5.73 Å². The van der Waals surface area contributed by atoms with Gasteiger partial charge in [0.1, 0.15) is 0 Å². The molecule has 0 aliphatic rings. The van der Waals surface area contributed by atoms with Gasteiger partial charge in [-0.1, -0.05) is 6.92 Å². The monoisotopic (exact) mass is 153 g/mol.